The second-order valence-electron chi connectivity index (χ2n) is 3.41. The van der Waals surface area contributed by atoms with Gasteiger partial charge < -0.3 is 5.32 Å². The van der Waals surface area contributed by atoms with E-state index in [-0.39, 0.29) is 17.8 Å². The molecular formula is C12H14FNO. The summed E-state index contributed by atoms with van der Waals surface area (Å²) >= 11 is 0. The van der Waals surface area contributed by atoms with Gasteiger partial charge in [-0.05, 0) is 37.6 Å². The van der Waals surface area contributed by atoms with E-state index in [1.54, 1.807) is 6.08 Å². The molecule has 1 aromatic carbocycles. The number of amides is 1. The van der Waals surface area contributed by atoms with Crippen molar-refractivity contribution >= 4 is 5.91 Å². The molecule has 1 unspecified atom stereocenters. The summed E-state index contributed by atoms with van der Waals surface area (Å²) in [6, 6.07) is 5.51. The van der Waals surface area contributed by atoms with Gasteiger partial charge in [0.2, 0.25) is 0 Å². The lowest BCUT2D eigenvalue weighted by Crippen LogP contribution is -2.32. The number of halogens is 1. The molecule has 15 heavy (non-hydrogen) atoms. The lowest BCUT2D eigenvalue weighted by Gasteiger charge is -2.11. The van der Waals surface area contributed by atoms with Crippen LogP contribution in [0.2, 0.25) is 0 Å². The molecule has 0 aliphatic heterocycles. The Labute approximate surface area is 88.8 Å². The fraction of sp³-hybridized carbons (Fsp3) is 0.250. The van der Waals surface area contributed by atoms with Crippen LogP contribution >= 0.6 is 0 Å². The van der Waals surface area contributed by atoms with Crippen molar-refractivity contribution in [2.45, 2.75) is 19.4 Å². The van der Waals surface area contributed by atoms with Crippen LogP contribution in [0, 0.1) is 5.82 Å². The van der Waals surface area contributed by atoms with Crippen LogP contribution in [-0.2, 0) is 0 Å². The zero-order chi connectivity index (χ0) is 11.3. The number of hydrogen-bond donors (Lipinski definition) is 1. The van der Waals surface area contributed by atoms with Crippen molar-refractivity contribution in [1.29, 1.82) is 0 Å². The maximum absolute atomic E-state index is 12.6. The van der Waals surface area contributed by atoms with Gasteiger partial charge in [0.15, 0.2) is 0 Å². The Morgan fingerprint density at radius 2 is 2.13 bits per heavy atom. The van der Waals surface area contributed by atoms with Gasteiger partial charge in [-0.25, -0.2) is 4.39 Å². The van der Waals surface area contributed by atoms with E-state index < -0.39 is 0 Å². The molecule has 1 amide bonds. The Hall–Kier alpha value is -1.64. The molecule has 0 saturated carbocycles. The molecule has 0 radical (unpaired) electrons. The first-order chi connectivity index (χ1) is 7.13. The van der Waals surface area contributed by atoms with Crippen molar-refractivity contribution in [2.24, 2.45) is 0 Å². The van der Waals surface area contributed by atoms with E-state index in [0.717, 1.165) is 0 Å². The monoisotopic (exact) mass is 207 g/mol. The van der Waals surface area contributed by atoms with E-state index in [1.165, 1.54) is 24.3 Å². The third kappa shape index (κ3) is 3.54. The van der Waals surface area contributed by atoms with Crippen LogP contribution in [0.3, 0.4) is 0 Å². The topological polar surface area (TPSA) is 29.1 Å². The Kier molecular flexibility index (Phi) is 4.03. The fourth-order valence-corrected chi connectivity index (χ4v) is 1.22. The molecule has 3 heteroatoms. The smallest absolute Gasteiger partial charge is 0.251 e. The van der Waals surface area contributed by atoms with Crippen LogP contribution in [0.1, 0.15) is 23.7 Å². The Morgan fingerprint density at radius 3 is 2.67 bits per heavy atom. The summed E-state index contributed by atoms with van der Waals surface area (Å²) in [5.74, 6) is -0.532. The van der Waals surface area contributed by atoms with Gasteiger partial charge in [0, 0.05) is 11.6 Å². The third-order valence-electron chi connectivity index (χ3n) is 2.00. The van der Waals surface area contributed by atoms with Crippen LogP contribution in [-0.4, -0.2) is 11.9 Å². The number of carbonyl (C=O) groups is 1. The number of benzene rings is 1. The second-order valence-corrected chi connectivity index (χ2v) is 3.41. The van der Waals surface area contributed by atoms with Crippen molar-refractivity contribution in [2.75, 3.05) is 0 Å². The molecule has 1 aromatic rings. The largest absolute Gasteiger partial charge is 0.349 e. The molecule has 0 aliphatic rings. The maximum Gasteiger partial charge on any atom is 0.251 e. The lowest BCUT2D eigenvalue weighted by atomic mass is 10.2. The molecule has 0 aliphatic carbocycles. The lowest BCUT2D eigenvalue weighted by molar-refractivity contribution is 0.0940. The van der Waals surface area contributed by atoms with Gasteiger partial charge in [-0.1, -0.05) is 6.08 Å². The molecule has 0 fully saturated rings. The van der Waals surface area contributed by atoms with Crippen LogP contribution in [0.4, 0.5) is 4.39 Å². The van der Waals surface area contributed by atoms with Gasteiger partial charge in [0.1, 0.15) is 5.82 Å². The normalized spacial score (nSPS) is 11.9. The van der Waals surface area contributed by atoms with E-state index in [4.69, 9.17) is 0 Å². The quantitative estimate of drug-likeness (QED) is 0.755. The molecule has 0 aromatic heterocycles. The second kappa shape index (κ2) is 5.29. The highest BCUT2D eigenvalue weighted by atomic mass is 19.1. The highest BCUT2D eigenvalue weighted by Crippen LogP contribution is 2.03. The number of hydrogen-bond acceptors (Lipinski definition) is 1. The number of rotatable bonds is 4. The molecule has 1 rings (SSSR count). The molecule has 1 N–H and O–H groups in total. The number of nitrogens with one attached hydrogen (secondary N) is 1. The molecule has 0 bridgehead atoms. The molecule has 2 nitrogen and oxygen atoms in total. The highest BCUT2D eigenvalue weighted by Gasteiger charge is 2.08. The third-order valence-corrected chi connectivity index (χ3v) is 2.00. The highest BCUT2D eigenvalue weighted by molar-refractivity contribution is 5.94. The summed E-state index contributed by atoms with van der Waals surface area (Å²) < 4.78 is 12.6. The van der Waals surface area contributed by atoms with Gasteiger partial charge in [-0.2, -0.15) is 0 Å². The molecule has 0 saturated heterocycles. The predicted octanol–water partition coefficient (Wildman–Crippen LogP) is 2.52. The van der Waals surface area contributed by atoms with Gasteiger partial charge in [-0.15, -0.1) is 6.58 Å². The van der Waals surface area contributed by atoms with Crippen LogP contribution in [0.25, 0.3) is 0 Å². The summed E-state index contributed by atoms with van der Waals surface area (Å²) in [7, 11) is 0. The fourth-order valence-electron chi connectivity index (χ4n) is 1.22. The first-order valence-corrected chi connectivity index (χ1v) is 4.81. The van der Waals surface area contributed by atoms with Crippen molar-refractivity contribution in [1.82, 2.24) is 5.32 Å². The molecular weight excluding hydrogens is 193 g/mol. The van der Waals surface area contributed by atoms with Crippen molar-refractivity contribution in [3.05, 3.63) is 48.3 Å². The molecule has 0 spiro atoms. The van der Waals surface area contributed by atoms with Crippen molar-refractivity contribution < 1.29 is 9.18 Å². The average molecular weight is 207 g/mol. The van der Waals surface area contributed by atoms with E-state index in [2.05, 4.69) is 11.9 Å². The minimum atomic E-state index is -0.342. The molecule has 1 atom stereocenters. The van der Waals surface area contributed by atoms with Crippen LogP contribution < -0.4 is 5.32 Å². The predicted molar refractivity (Wildman–Crippen MR) is 58.1 cm³/mol. The van der Waals surface area contributed by atoms with Gasteiger partial charge in [0.05, 0.1) is 0 Å². The first-order valence-electron chi connectivity index (χ1n) is 4.81. The summed E-state index contributed by atoms with van der Waals surface area (Å²) in [4.78, 5) is 11.6. The summed E-state index contributed by atoms with van der Waals surface area (Å²) in [6.07, 6.45) is 2.46. The van der Waals surface area contributed by atoms with E-state index in [9.17, 15) is 9.18 Å². The average Bonchev–Trinajstić information content (AvgIpc) is 2.18. The van der Waals surface area contributed by atoms with Gasteiger partial charge in [-0.3, -0.25) is 4.79 Å². The van der Waals surface area contributed by atoms with Gasteiger partial charge >= 0.3 is 0 Å². The SMILES string of the molecule is C=CCC(C)NC(=O)c1ccc(F)cc1. The summed E-state index contributed by atoms with van der Waals surface area (Å²) in [5.41, 5.74) is 0.465. The number of carbonyl (C=O) groups excluding carboxylic acids is 1. The van der Waals surface area contributed by atoms with E-state index in [0.29, 0.717) is 12.0 Å². The van der Waals surface area contributed by atoms with Crippen LogP contribution in [0.15, 0.2) is 36.9 Å². The Bertz CT molecular complexity index is 345. The van der Waals surface area contributed by atoms with Crippen LogP contribution in [0.5, 0.6) is 0 Å². The van der Waals surface area contributed by atoms with E-state index in [1.807, 2.05) is 6.92 Å². The Balaban J connectivity index is 2.61. The zero-order valence-corrected chi connectivity index (χ0v) is 8.66. The molecule has 0 heterocycles. The zero-order valence-electron chi connectivity index (χ0n) is 8.66. The summed E-state index contributed by atoms with van der Waals surface area (Å²) in [6.45, 7) is 5.48. The molecule has 80 valence electrons. The minimum absolute atomic E-state index is 0.0417. The van der Waals surface area contributed by atoms with E-state index >= 15 is 0 Å². The standard InChI is InChI=1S/C12H14FNO/c1-3-4-9(2)14-12(15)10-5-7-11(13)8-6-10/h3,5-9H,1,4H2,2H3,(H,14,15). The minimum Gasteiger partial charge on any atom is -0.349 e. The van der Waals surface area contributed by atoms with Crippen molar-refractivity contribution in [3.8, 4) is 0 Å². The summed E-state index contributed by atoms with van der Waals surface area (Å²) in [5, 5.41) is 2.78. The van der Waals surface area contributed by atoms with Crippen molar-refractivity contribution in [3.63, 3.8) is 0 Å². The maximum atomic E-state index is 12.6. The van der Waals surface area contributed by atoms with Gasteiger partial charge in [0.25, 0.3) is 5.91 Å². The Morgan fingerprint density at radius 1 is 1.53 bits per heavy atom. The first kappa shape index (κ1) is 11.4.